The van der Waals surface area contributed by atoms with Crippen LogP contribution in [0.4, 0.5) is 0 Å². The second kappa shape index (κ2) is 10.0. The lowest BCUT2D eigenvalue weighted by atomic mass is 10.2. The highest BCUT2D eigenvalue weighted by molar-refractivity contribution is 4.52. The Hall–Kier alpha value is -0.0800. The Kier molecular flexibility index (Phi) is 9.94. The average Bonchev–Trinajstić information content (AvgIpc) is 2.16. The molecule has 0 aliphatic heterocycles. The molecular formula is C11H24O2. The second-order valence-corrected chi connectivity index (χ2v) is 3.27. The van der Waals surface area contributed by atoms with Crippen molar-refractivity contribution >= 4 is 0 Å². The van der Waals surface area contributed by atoms with Crippen LogP contribution in [0.5, 0.6) is 0 Å². The summed E-state index contributed by atoms with van der Waals surface area (Å²) in [5.41, 5.74) is 0. The van der Waals surface area contributed by atoms with Gasteiger partial charge in [0.25, 0.3) is 0 Å². The highest BCUT2D eigenvalue weighted by atomic mass is 16.5. The molecule has 80 valence electrons. The molecule has 0 N–H and O–H groups in total. The minimum absolute atomic E-state index is 0.298. The molecule has 0 aromatic rings. The number of rotatable bonds is 9. The van der Waals surface area contributed by atoms with Crippen LogP contribution in [0, 0.1) is 0 Å². The third-order valence-electron chi connectivity index (χ3n) is 2.05. The van der Waals surface area contributed by atoms with E-state index in [2.05, 4.69) is 13.8 Å². The Morgan fingerprint density at radius 3 is 2.38 bits per heavy atom. The van der Waals surface area contributed by atoms with Crippen LogP contribution in [0.2, 0.25) is 0 Å². The predicted octanol–water partition coefficient (Wildman–Crippen LogP) is 3.01. The highest BCUT2D eigenvalue weighted by Crippen LogP contribution is 2.00. The van der Waals surface area contributed by atoms with Crippen LogP contribution in [0.15, 0.2) is 0 Å². The lowest BCUT2D eigenvalue weighted by Gasteiger charge is -2.14. The van der Waals surface area contributed by atoms with Crippen LogP contribution >= 0.6 is 0 Å². The lowest BCUT2D eigenvalue weighted by molar-refractivity contribution is -0.0138. The first-order chi connectivity index (χ1) is 6.35. The highest BCUT2D eigenvalue weighted by Gasteiger charge is 2.04. The first kappa shape index (κ1) is 12.9. The van der Waals surface area contributed by atoms with E-state index in [1.54, 1.807) is 0 Å². The van der Waals surface area contributed by atoms with Gasteiger partial charge in [-0.1, -0.05) is 26.7 Å². The SMILES string of the molecule is CCCCCOCC(CC)OCC. The molecule has 0 aliphatic carbocycles. The zero-order chi connectivity index (χ0) is 9.94. The van der Waals surface area contributed by atoms with Gasteiger partial charge in [0.05, 0.1) is 12.7 Å². The largest absolute Gasteiger partial charge is 0.379 e. The van der Waals surface area contributed by atoms with E-state index in [0.717, 1.165) is 26.2 Å². The van der Waals surface area contributed by atoms with E-state index in [9.17, 15) is 0 Å². The van der Waals surface area contributed by atoms with E-state index >= 15 is 0 Å². The Morgan fingerprint density at radius 1 is 1.08 bits per heavy atom. The quantitative estimate of drug-likeness (QED) is 0.518. The van der Waals surface area contributed by atoms with Crippen molar-refractivity contribution in [1.82, 2.24) is 0 Å². The van der Waals surface area contributed by atoms with Gasteiger partial charge >= 0.3 is 0 Å². The monoisotopic (exact) mass is 188 g/mol. The maximum Gasteiger partial charge on any atom is 0.0805 e. The van der Waals surface area contributed by atoms with Crippen molar-refractivity contribution < 1.29 is 9.47 Å². The second-order valence-electron chi connectivity index (χ2n) is 3.27. The van der Waals surface area contributed by atoms with Gasteiger partial charge in [-0.05, 0) is 19.8 Å². The van der Waals surface area contributed by atoms with Crippen LogP contribution in [-0.4, -0.2) is 25.9 Å². The van der Waals surface area contributed by atoms with Crippen molar-refractivity contribution in [3.8, 4) is 0 Å². The van der Waals surface area contributed by atoms with Crippen molar-refractivity contribution in [3.63, 3.8) is 0 Å². The standard InChI is InChI=1S/C11H24O2/c1-4-7-8-9-12-10-11(5-2)13-6-3/h11H,4-10H2,1-3H3. The van der Waals surface area contributed by atoms with Crippen LogP contribution in [0.3, 0.4) is 0 Å². The predicted molar refractivity (Wildman–Crippen MR) is 56.0 cm³/mol. The van der Waals surface area contributed by atoms with E-state index in [4.69, 9.17) is 9.47 Å². The number of hydrogen-bond acceptors (Lipinski definition) is 2. The summed E-state index contributed by atoms with van der Waals surface area (Å²) in [6.07, 6.45) is 5.05. The number of unbranched alkanes of at least 4 members (excludes halogenated alkanes) is 2. The van der Waals surface area contributed by atoms with E-state index in [1.165, 1.54) is 19.3 Å². The molecule has 0 heterocycles. The molecule has 0 saturated carbocycles. The molecule has 0 bridgehead atoms. The molecule has 2 nitrogen and oxygen atoms in total. The minimum atomic E-state index is 0.298. The first-order valence-electron chi connectivity index (χ1n) is 5.54. The van der Waals surface area contributed by atoms with Crippen LogP contribution in [0.25, 0.3) is 0 Å². The molecule has 0 aliphatic rings. The molecule has 0 saturated heterocycles. The van der Waals surface area contributed by atoms with Crippen LogP contribution < -0.4 is 0 Å². The third-order valence-corrected chi connectivity index (χ3v) is 2.05. The lowest BCUT2D eigenvalue weighted by Crippen LogP contribution is -2.19. The fourth-order valence-corrected chi connectivity index (χ4v) is 1.19. The maximum atomic E-state index is 5.52. The Morgan fingerprint density at radius 2 is 1.85 bits per heavy atom. The summed E-state index contributed by atoms with van der Waals surface area (Å²) >= 11 is 0. The van der Waals surface area contributed by atoms with Crippen molar-refractivity contribution in [3.05, 3.63) is 0 Å². The van der Waals surface area contributed by atoms with E-state index in [0.29, 0.717) is 6.10 Å². The summed E-state index contributed by atoms with van der Waals surface area (Å²) in [6, 6.07) is 0. The number of hydrogen-bond donors (Lipinski definition) is 0. The minimum Gasteiger partial charge on any atom is -0.379 e. The zero-order valence-electron chi connectivity index (χ0n) is 9.34. The summed E-state index contributed by atoms with van der Waals surface area (Å²) < 4.78 is 11.0. The van der Waals surface area contributed by atoms with Crippen LogP contribution in [-0.2, 0) is 9.47 Å². The summed E-state index contributed by atoms with van der Waals surface area (Å²) in [5.74, 6) is 0. The molecular weight excluding hydrogens is 164 g/mol. The summed E-state index contributed by atoms with van der Waals surface area (Å²) in [7, 11) is 0. The van der Waals surface area contributed by atoms with Gasteiger partial charge in [-0.25, -0.2) is 0 Å². The van der Waals surface area contributed by atoms with Gasteiger partial charge in [-0.2, -0.15) is 0 Å². The summed E-state index contributed by atoms with van der Waals surface area (Å²) in [5, 5.41) is 0. The van der Waals surface area contributed by atoms with Crippen molar-refractivity contribution in [2.24, 2.45) is 0 Å². The van der Waals surface area contributed by atoms with E-state index in [-0.39, 0.29) is 0 Å². The summed E-state index contributed by atoms with van der Waals surface area (Å²) in [6.45, 7) is 8.80. The summed E-state index contributed by atoms with van der Waals surface area (Å²) in [4.78, 5) is 0. The molecule has 2 heteroatoms. The van der Waals surface area contributed by atoms with Gasteiger partial charge in [-0.3, -0.25) is 0 Å². The topological polar surface area (TPSA) is 18.5 Å². The molecule has 0 spiro atoms. The third kappa shape index (κ3) is 8.26. The molecule has 13 heavy (non-hydrogen) atoms. The molecule has 0 fully saturated rings. The molecule has 0 aromatic carbocycles. The Bertz CT molecular complexity index is 94.1. The van der Waals surface area contributed by atoms with Gasteiger partial charge in [0, 0.05) is 13.2 Å². The van der Waals surface area contributed by atoms with Crippen molar-refractivity contribution in [2.75, 3.05) is 19.8 Å². The van der Waals surface area contributed by atoms with Gasteiger partial charge < -0.3 is 9.47 Å². The van der Waals surface area contributed by atoms with Gasteiger partial charge in [0.15, 0.2) is 0 Å². The molecule has 0 amide bonds. The van der Waals surface area contributed by atoms with Gasteiger partial charge in [0.2, 0.25) is 0 Å². The first-order valence-corrected chi connectivity index (χ1v) is 5.54. The van der Waals surface area contributed by atoms with Crippen molar-refractivity contribution in [2.45, 2.75) is 52.6 Å². The molecule has 1 unspecified atom stereocenters. The Balaban J connectivity index is 3.17. The smallest absolute Gasteiger partial charge is 0.0805 e. The van der Waals surface area contributed by atoms with Gasteiger partial charge in [0.1, 0.15) is 0 Å². The number of ether oxygens (including phenoxy) is 2. The van der Waals surface area contributed by atoms with E-state index in [1.807, 2.05) is 6.92 Å². The Labute approximate surface area is 82.6 Å². The molecule has 0 radical (unpaired) electrons. The molecule has 1 atom stereocenters. The van der Waals surface area contributed by atoms with Crippen molar-refractivity contribution in [1.29, 1.82) is 0 Å². The normalized spacial score (nSPS) is 13.2. The maximum absolute atomic E-state index is 5.52. The molecule has 0 rings (SSSR count). The van der Waals surface area contributed by atoms with Gasteiger partial charge in [-0.15, -0.1) is 0 Å². The zero-order valence-corrected chi connectivity index (χ0v) is 9.34. The molecule has 0 aromatic heterocycles. The van der Waals surface area contributed by atoms with E-state index < -0.39 is 0 Å². The van der Waals surface area contributed by atoms with Crippen LogP contribution in [0.1, 0.15) is 46.5 Å². The average molecular weight is 188 g/mol. The fraction of sp³-hybridized carbons (Fsp3) is 1.00. The fourth-order valence-electron chi connectivity index (χ4n) is 1.19.